The van der Waals surface area contributed by atoms with Crippen LogP contribution < -0.4 is 10.5 Å². The smallest absolute Gasteiger partial charge is 0.291 e. The molecule has 0 saturated carbocycles. The van der Waals surface area contributed by atoms with Crippen molar-refractivity contribution in [2.75, 3.05) is 10.5 Å². The first-order valence-electron chi connectivity index (χ1n) is 4.76. The van der Waals surface area contributed by atoms with Crippen LogP contribution in [0.5, 0.6) is 0 Å². The zero-order valence-electron chi connectivity index (χ0n) is 9.21. The molecule has 3 N–H and O–H groups in total. The Morgan fingerprint density at radius 3 is 2.67 bits per heavy atom. The highest BCUT2D eigenvalue weighted by molar-refractivity contribution is 7.94. The van der Waals surface area contributed by atoms with Crippen molar-refractivity contribution < 1.29 is 8.42 Å². The molecule has 96 valence electrons. The van der Waals surface area contributed by atoms with Crippen LogP contribution in [0, 0.1) is 6.92 Å². The SMILES string of the molecule is Cc1ccc(NS(=O)(=O)c2nnc(N)s2)cc1Cl. The molecule has 0 bridgehead atoms. The number of rotatable bonds is 3. The lowest BCUT2D eigenvalue weighted by molar-refractivity contribution is 0.599. The van der Waals surface area contributed by atoms with Gasteiger partial charge in [0.05, 0.1) is 5.69 Å². The number of nitrogens with one attached hydrogen (secondary N) is 1. The van der Waals surface area contributed by atoms with E-state index in [-0.39, 0.29) is 9.47 Å². The second-order valence-electron chi connectivity index (χ2n) is 3.48. The number of halogens is 1. The van der Waals surface area contributed by atoms with E-state index in [4.69, 9.17) is 17.3 Å². The number of nitrogen functional groups attached to an aromatic ring is 1. The topological polar surface area (TPSA) is 98.0 Å². The predicted molar refractivity (Wildman–Crippen MR) is 71.3 cm³/mol. The van der Waals surface area contributed by atoms with Crippen molar-refractivity contribution in [3.63, 3.8) is 0 Å². The van der Waals surface area contributed by atoms with Crippen molar-refractivity contribution in [2.24, 2.45) is 0 Å². The molecule has 0 spiro atoms. The Hall–Kier alpha value is -1.38. The van der Waals surface area contributed by atoms with Gasteiger partial charge in [0, 0.05) is 5.02 Å². The number of benzene rings is 1. The van der Waals surface area contributed by atoms with Gasteiger partial charge in [-0.1, -0.05) is 29.0 Å². The number of nitrogens with zero attached hydrogens (tertiary/aromatic N) is 2. The third-order valence-corrected chi connectivity index (χ3v) is 4.98. The first-order chi connectivity index (χ1) is 8.38. The third-order valence-electron chi connectivity index (χ3n) is 2.08. The maximum absolute atomic E-state index is 11.9. The fourth-order valence-electron chi connectivity index (χ4n) is 1.18. The molecule has 1 aromatic heterocycles. The van der Waals surface area contributed by atoms with E-state index in [2.05, 4.69) is 14.9 Å². The third kappa shape index (κ3) is 2.71. The number of aryl methyl sites for hydroxylation is 1. The molecular weight excluding hydrogens is 296 g/mol. The van der Waals surface area contributed by atoms with Crippen molar-refractivity contribution in [2.45, 2.75) is 11.3 Å². The lowest BCUT2D eigenvalue weighted by Gasteiger charge is -2.06. The van der Waals surface area contributed by atoms with Gasteiger partial charge >= 0.3 is 0 Å². The van der Waals surface area contributed by atoms with Crippen molar-refractivity contribution in [1.29, 1.82) is 0 Å². The standard InChI is InChI=1S/C9H9ClN4O2S2/c1-5-2-3-6(4-7(5)10)14-18(15,16)9-13-12-8(11)17-9/h2-4,14H,1H3,(H2,11,12). The molecule has 0 fully saturated rings. The quantitative estimate of drug-likeness (QED) is 0.902. The first kappa shape index (κ1) is 13.1. The Kier molecular flexibility index (Phi) is 3.42. The molecule has 0 aliphatic rings. The van der Waals surface area contributed by atoms with Gasteiger partial charge in [-0.2, -0.15) is 8.42 Å². The first-order valence-corrected chi connectivity index (χ1v) is 7.44. The second-order valence-corrected chi connectivity index (χ2v) is 6.75. The van der Waals surface area contributed by atoms with Crippen LogP contribution in [0.3, 0.4) is 0 Å². The van der Waals surface area contributed by atoms with Gasteiger partial charge in [-0.25, -0.2) is 0 Å². The summed E-state index contributed by atoms with van der Waals surface area (Å²) in [6.45, 7) is 1.83. The fourth-order valence-corrected chi connectivity index (χ4v) is 3.20. The summed E-state index contributed by atoms with van der Waals surface area (Å²) in [5.41, 5.74) is 6.57. The van der Waals surface area contributed by atoms with E-state index in [0.717, 1.165) is 16.9 Å². The monoisotopic (exact) mass is 304 g/mol. The summed E-state index contributed by atoms with van der Waals surface area (Å²) in [5.74, 6) is 0. The molecule has 18 heavy (non-hydrogen) atoms. The predicted octanol–water partition coefficient (Wildman–Crippen LogP) is 1.88. The summed E-state index contributed by atoms with van der Waals surface area (Å²) in [7, 11) is -3.77. The zero-order chi connectivity index (χ0) is 13.3. The average Bonchev–Trinajstić information content (AvgIpc) is 2.71. The van der Waals surface area contributed by atoms with E-state index in [9.17, 15) is 8.42 Å². The van der Waals surface area contributed by atoms with Gasteiger partial charge in [0.2, 0.25) is 5.13 Å². The van der Waals surface area contributed by atoms with Crippen molar-refractivity contribution >= 4 is 43.8 Å². The van der Waals surface area contributed by atoms with Crippen LogP contribution in [-0.4, -0.2) is 18.6 Å². The summed E-state index contributed by atoms with van der Waals surface area (Å²) < 4.78 is 26.0. The van der Waals surface area contributed by atoms with Gasteiger partial charge in [0.25, 0.3) is 14.4 Å². The second kappa shape index (κ2) is 4.71. The van der Waals surface area contributed by atoms with Crippen LogP contribution in [-0.2, 0) is 10.0 Å². The molecule has 0 amide bonds. The van der Waals surface area contributed by atoms with Crippen molar-refractivity contribution in [3.8, 4) is 0 Å². The maximum atomic E-state index is 11.9. The minimum Gasteiger partial charge on any atom is -0.374 e. The molecule has 0 unspecified atom stereocenters. The van der Waals surface area contributed by atoms with Crippen LogP contribution in [0.2, 0.25) is 5.02 Å². The Morgan fingerprint density at radius 1 is 1.39 bits per heavy atom. The fraction of sp³-hybridized carbons (Fsp3) is 0.111. The molecule has 0 aliphatic heterocycles. The van der Waals surface area contributed by atoms with Crippen LogP contribution in [0.1, 0.15) is 5.56 Å². The Bertz CT molecular complexity index is 684. The van der Waals surface area contributed by atoms with E-state index in [1.165, 1.54) is 6.07 Å². The van der Waals surface area contributed by atoms with Crippen LogP contribution in [0.15, 0.2) is 22.5 Å². The highest BCUT2D eigenvalue weighted by atomic mass is 35.5. The zero-order valence-corrected chi connectivity index (χ0v) is 11.6. The molecule has 0 atom stereocenters. The van der Waals surface area contributed by atoms with Crippen molar-refractivity contribution in [1.82, 2.24) is 10.2 Å². The van der Waals surface area contributed by atoms with Gasteiger partial charge in [0.1, 0.15) is 0 Å². The molecule has 2 aromatic rings. The highest BCUT2D eigenvalue weighted by Gasteiger charge is 2.19. The Morgan fingerprint density at radius 2 is 2.11 bits per heavy atom. The minimum absolute atomic E-state index is 0.0947. The van der Waals surface area contributed by atoms with Crippen molar-refractivity contribution in [3.05, 3.63) is 28.8 Å². The number of hydrogen-bond acceptors (Lipinski definition) is 6. The molecule has 0 saturated heterocycles. The lowest BCUT2D eigenvalue weighted by Crippen LogP contribution is -2.12. The van der Waals surface area contributed by atoms with Gasteiger partial charge < -0.3 is 5.73 Å². The summed E-state index contributed by atoms with van der Waals surface area (Å²) in [6.07, 6.45) is 0. The van der Waals surface area contributed by atoms with Gasteiger partial charge in [-0.3, -0.25) is 4.72 Å². The minimum atomic E-state index is -3.77. The van der Waals surface area contributed by atoms with E-state index >= 15 is 0 Å². The van der Waals surface area contributed by atoms with E-state index in [0.29, 0.717) is 10.7 Å². The van der Waals surface area contributed by atoms with E-state index in [1.54, 1.807) is 12.1 Å². The largest absolute Gasteiger partial charge is 0.374 e. The summed E-state index contributed by atoms with van der Waals surface area (Å²) in [4.78, 5) is 0. The number of hydrogen-bond donors (Lipinski definition) is 2. The van der Waals surface area contributed by atoms with E-state index < -0.39 is 10.0 Å². The summed E-state index contributed by atoms with van der Waals surface area (Å²) >= 11 is 6.71. The molecule has 1 heterocycles. The van der Waals surface area contributed by atoms with Gasteiger partial charge in [-0.15, -0.1) is 10.2 Å². The normalized spacial score (nSPS) is 11.4. The number of sulfonamides is 1. The summed E-state index contributed by atoms with van der Waals surface area (Å²) in [5, 5.41) is 7.51. The Balaban J connectivity index is 2.30. The lowest BCUT2D eigenvalue weighted by atomic mass is 10.2. The van der Waals surface area contributed by atoms with Crippen LogP contribution >= 0.6 is 22.9 Å². The number of nitrogens with two attached hydrogens (primary N) is 1. The molecule has 0 radical (unpaired) electrons. The maximum Gasteiger partial charge on any atom is 0.291 e. The molecule has 1 aromatic carbocycles. The Labute approximate surface area is 113 Å². The van der Waals surface area contributed by atoms with Gasteiger partial charge in [0.15, 0.2) is 0 Å². The molecule has 0 aliphatic carbocycles. The van der Waals surface area contributed by atoms with Crippen LogP contribution in [0.25, 0.3) is 0 Å². The summed E-state index contributed by atoms with van der Waals surface area (Å²) in [6, 6.07) is 4.86. The molecular formula is C9H9ClN4O2S2. The van der Waals surface area contributed by atoms with Crippen LogP contribution in [0.4, 0.5) is 10.8 Å². The number of anilines is 2. The molecule has 2 rings (SSSR count). The molecule has 9 heteroatoms. The van der Waals surface area contributed by atoms with Gasteiger partial charge in [-0.05, 0) is 24.6 Å². The number of aromatic nitrogens is 2. The molecule has 6 nitrogen and oxygen atoms in total. The highest BCUT2D eigenvalue weighted by Crippen LogP contribution is 2.24. The average molecular weight is 305 g/mol. The van der Waals surface area contributed by atoms with E-state index in [1.807, 2.05) is 6.92 Å².